The quantitative estimate of drug-likeness (QED) is 0.174. The van der Waals surface area contributed by atoms with Crippen LogP contribution in [0.5, 0.6) is 0 Å². The van der Waals surface area contributed by atoms with Gasteiger partial charge in [0, 0.05) is 74.5 Å². The van der Waals surface area contributed by atoms with Gasteiger partial charge in [-0.3, -0.25) is 19.2 Å². The van der Waals surface area contributed by atoms with Gasteiger partial charge >= 0.3 is 0 Å². The molecule has 8 aliphatic rings. The van der Waals surface area contributed by atoms with E-state index in [0.717, 1.165) is 77.4 Å². The van der Waals surface area contributed by atoms with Crippen molar-refractivity contribution in [2.75, 3.05) is 26.7 Å². The lowest BCUT2D eigenvalue weighted by molar-refractivity contribution is -0.140. The fourth-order valence-electron chi connectivity index (χ4n) is 14.3. The van der Waals surface area contributed by atoms with E-state index in [1.165, 1.54) is 218 Å². The first-order valence-electron chi connectivity index (χ1n) is 31.4. The van der Waals surface area contributed by atoms with E-state index >= 15 is 0 Å². The minimum absolute atomic E-state index is 0.348. The van der Waals surface area contributed by atoms with Crippen molar-refractivity contribution in [1.29, 1.82) is 0 Å². The predicted octanol–water partition coefficient (Wildman–Crippen LogP) is 15.8. The molecule has 0 spiro atoms. The SMILES string of the molecule is CCCCN(C(=O)C1CCCCC1)C1CCCCC1.CCCN(C(=O)C1CCCCC1)C1CCCCC1.CCN(C(=O)C1CCCCC1)C1CCCCC1.CN(C(=O)C1CCCCC1)C1CCCCC1. The minimum atomic E-state index is 0.348. The van der Waals surface area contributed by atoms with Crippen molar-refractivity contribution in [2.45, 2.75) is 321 Å². The molecule has 8 saturated carbocycles. The first-order chi connectivity index (χ1) is 34.3. The lowest BCUT2D eigenvalue weighted by Crippen LogP contribution is -2.45. The Bertz CT molecular complexity index is 1410. The molecule has 8 fully saturated rings. The fraction of sp³-hybridized carbons (Fsp3) is 0.935. The molecule has 0 aromatic heterocycles. The Hall–Kier alpha value is -2.12. The first kappa shape index (κ1) is 58.8. The largest absolute Gasteiger partial charge is 0.343 e. The van der Waals surface area contributed by atoms with Crippen LogP contribution in [0.15, 0.2) is 0 Å². The average Bonchev–Trinajstić information content (AvgIpc) is 3.44. The molecule has 0 aromatic rings. The summed E-state index contributed by atoms with van der Waals surface area (Å²) in [7, 11) is 2.03. The Kier molecular flexibility index (Phi) is 28.9. The molecule has 70 heavy (non-hydrogen) atoms. The molecule has 4 amide bonds. The molecular weight excluding hydrogens is 865 g/mol. The van der Waals surface area contributed by atoms with E-state index in [0.29, 0.717) is 71.5 Å². The lowest BCUT2D eigenvalue weighted by Gasteiger charge is -2.37. The summed E-state index contributed by atoms with van der Waals surface area (Å²) in [6, 6.07) is 2.23. The number of rotatable bonds is 14. The average molecular weight is 978 g/mol. The Balaban J connectivity index is 0.000000174. The molecule has 404 valence electrons. The molecular formula is C62H112N4O4. The first-order valence-corrected chi connectivity index (χ1v) is 31.4. The van der Waals surface area contributed by atoms with Crippen LogP contribution in [-0.4, -0.2) is 94.1 Å². The molecule has 0 bridgehead atoms. The molecule has 8 heteroatoms. The van der Waals surface area contributed by atoms with Gasteiger partial charge in [0.05, 0.1) is 0 Å². The highest BCUT2D eigenvalue weighted by Gasteiger charge is 2.34. The Morgan fingerprint density at radius 2 is 0.557 bits per heavy atom. The van der Waals surface area contributed by atoms with E-state index in [4.69, 9.17) is 0 Å². The Morgan fingerprint density at radius 1 is 0.300 bits per heavy atom. The zero-order valence-electron chi connectivity index (χ0n) is 46.6. The van der Waals surface area contributed by atoms with Gasteiger partial charge in [-0.2, -0.15) is 0 Å². The van der Waals surface area contributed by atoms with Crippen molar-refractivity contribution in [1.82, 2.24) is 19.6 Å². The second-order valence-electron chi connectivity index (χ2n) is 24.0. The van der Waals surface area contributed by atoms with Gasteiger partial charge in [-0.05, 0) is 122 Å². The summed E-state index contributed by atoms with van der Waals surface area (Å²) in [5.41, 5.74) is 0. The van der Waals surface area contributed by atoms with Gasteiger partial charge in [0.2, 0.25) is 23.6 Å². The summed E-state index contributed by atoms with van der Waals surface area (Å²) in [4.78, 5) is 59.3. The molecule has 0 radical (unpaired) electrons. The molecule has 0 aliphatic heterocycles. The summed E-state index contributed by atoms with van der Waals surface area (Å²) in [5.74, 6) is 3.31. The summed E-state index contributed by atoms with van der Waals surface area (Å²) < 4.78 is 0. The minimum Gasteiger partial charge on any atom is -0.343 e. The van der Waals surface area contributed by atoms with E-state index in [1.807, 2.05) is 7.05 Å². The third-order valence-corrected chi connectivity index (χ3v) is 18.7. The predicted molar refractivity (Wildman–Crippen MR) is 293 cm³/mol. The van der Waals surface area contributed by atoms with Crippen LogP contribution in [0.1, 0.15) is 297 Å². The summed E-state index contributed by atoms with van der Waals surface area (Å²) in [6.07, 6.45) is 54.0. The number of hydrogen-bond donors (Lipinski definition) is 0. The van der Waals surface area contributed by atoms with Crippen LogP contribution in [0.4, 0.5) is 0 Å². The number of carbonyl (C=O) groups is 4. The highest BCUT2D eigenvalue weighted by Crippen LogP contribution is 2.33. The molecule has 8 nitrogen and oxygen atoms in total. The normalized spacial score (nSPS) is 23.3. The van der Waals surface area contributed by atoms with E-state index in [-0.39, 0.29) is 0 Å². The van der Waals surface area contributed by atoms with Gasteiger partial charge in [-0.25, -0.2) is 0 Å². The smallest absolute Gasteiger partial charge is 0.225 e. The zero-order valence-corrected chi connectivity index (χ0v) is 46.6. The molecule has 8 rings (SSSR count). The summed E-state index contributed by atoms with van der Waals surface area (Å²) >= 11 is 0. The zero-order chi connectivity index (χ0) is 49.8. The Labute approximate surface area is 432 Å². The highest BCUT2D eigenvalue weighted by molar-refractivity contribution is 5.80. The van der Waals surface area contributed by atoms with Crippen molar-refractivity contribution in [3.63, 3.8) is 0 Å². The van der Waals surface area contributed by atoms with Gasteiger partial charge in [0.25, 0.3) is 0 Å². The summed E-state index contributed by atoms with van der Waals surface area (Å²) in [5, 5.41) is 0. The molecule has 0 unspecified atom stereocenters. The van der Waals surface area contributed by atoms with Crippen molar-refractivity contribution in [2.24, 2.45) is 23.7 Å². The second kappa shape index (κ2) is 34.4. The van der Waals surface area contributed by atoms with Crippen molar-refractivity contribution in [3.05, 3.63) is 0 Å². The Morgan fingerprint density at radius 3 is 0.857 bits per heavy atom. The standard InChI is InChI=1S/C17H31NO.C16H29NO.C15H27NO.C14H25NO/c1-2-3-14-18(16-12-8-5-9-13-16)17(19)15-10-6-4-7-11-15;1-2-13-17(15-11-7-4-8-12-15)16(18)14-9-5-3-6-10-14;1-2-16(14-11-7-4-8-12-14)15(17)13-9-5-3-6-10-13;1-15(13-10-6-3-7-11-13)14(16)12-8-4-2-5-9-12/h15-16H,2-14H2,1H3;14-15H,2-13H2,1H3;13-14H,2-12H2,1H3;12-13H,2-11H2,1H3. The van der Waals surface area contributed by atoms with E-state index in [2.05, 4.69) is 40.4 Å². The maximum atomic E-state index is 12.8. The van der Waals surface area contributed by atoms with Crippen LogP contribution in [0.2, 0.25) is 0 Å². The van der Waals surface area contributed by atoms with Crippen molar-refractivity contribution >= 4 is 23.6 Å². The molecule has 0 heterocycles. The van der Waals surface area contributed by atoms with Crippen LogP contribution in [0, 0.1) is 23.7 Å². The maximum Gasteiger partial charge on any atom is 0.225 e. The van der Waals surface area contributed by atoms with Crippen LogP contribution in [0.25, 0.3) is 0 Å². The summed E-state index contributed by atoms with van der Waals surface area (Å²) in [6.45, 7) is 9.49. The van der Waals surface area contributed by atoms with Crippen LogP contribution in [-0.2, 0) is 19.2 Å². The maximum absolute atomic E-state index is 12.8. The van der Waals surface area contributed by atoms with Crippen LogP contribution < -0.4 is 0 Å². The van der Waals surface area contributed by atoms with Gasteiger partial charge in [-0.1, -0.05) is 174 Å². The van der Waals surface area contributed by atoms with Gasteiger partial charge in [0.1, 0.15) is 0 Å². The number of unbranched alkanes of at least 4 members (excludes halogenated alkanes) is 1. The topological polar surface area (TPSA) is 81.2 Å². The van der Waals surface area contributed by atoms with Gasteiger partial charge in [0.15, 0.2) is 0 Å². The molecule has 0 aromatic carbocycles. The van der Waals surface area contributed by atoms with Gasteiger partial charge < -0.3 is 19.6 Å². The van der Waals surface area contributed by atoms with Gasteiger partial charge in [-0.15, -0.1) is 0 Å². The fourth-order valence-corrected chi connectivity index (χ4v) is 14.3. The highest BCUT2D eigenvalue weighted by atomic mass is 16.2. The second-order valence-corrected chi connectivity index (χ2v) is 24.0. The monoisotopic (exact) mass is 977 g/mol. The number of carbonyl (C=O) groups excluding carboxylic acids is 4. The number of nitrogens with zero attached hydrogens (tertiary/aromatic N) is 4. The van der Waals surface area contributed by atoms with Crippen LogP contribution in [0.3, 0.4) is 0 Å². The number of hydrogen-bond acceptors (Lipinski definition) is 4. The van der Waals surface area contributed by atoms with Crippen LogP contribution >= 0.6 is 0 Å². The molecule has 0 N–H and O–H groups in total. The third kappa shape index (κ3) is 19.6. The van der Waals surface area contributed by atoms with E-state index in [1.54, 1.807) is 0 Å². The molecule has 0 atom stereocenters. The van der Waals surface area contributed by atoms with E-state index in [9.17, 15) is 19.2 Å². The number of amides is 4. The van der Waals surface area contributed by atoms with E-state index < -0.39 is 0 Å². The van der Waals surface area contributed by atoms with Crippen molar-refractivity contribution in [3.8, 4) is 0 Å². The third-order valence-electron chi connectivity index (χ3n) is 18.7. The molecule has 8 aliphatic carbocycles. The lowest BCUT2D eigenvalue weighted by atomic mass is 9.86. The molecule has 0 saturated heterocycles. The van der Waals surface area contributed by atoms with Crippen molar-refractivity contribution < 1.29 is 19.2 Å².